The maximum absolute atomic E-state index is 11.9. The van der Waals surface area contributed by atoms with Crippen molar-refractivity contribution in [1.29, 1.82) is 0 Å². The van der Waals surface area contributed by atoms with Crippen LogP contribution in [0.2, 0.25) is 5.02 Å². The topological polar surface area (TPSA) is 69.6 Å². The van der Waals surface area contributed by atoms with Crippen LogP contribution in [0.1, 0.15) is 6.92 Å². The van der Waals surface area contributed by atoms with Crippen LogP contribution in [-0.4, -0.2) is 35.1 Å². The van der Waals surface area contributed by atoms with E-state index < -0.39 is 11.9 Å². The summed E-state index contributed by atoms with van der Waals surface area (Å²) in [4.78, 5) is 24.4. The number of carbonyl (C=O) groups is 2. The number of carboxylic acid groups (broad SMARTS) is 1. The van der Waals surface area contributed by atoms with Crippen LogP contribution in [-0.2, 0) is 4.79 Å². The third-order valence-corrected chi connectivity index (χ3v) is 4.68. The standard InChI is InChI=1S/C13H14BrClN2O3/c1-7(12(18)19)8-5-17(6-8)13(20)16-9-2-3-11(15)10(14)4-9/h2-4,7-8H,5-6H2,1H3,(H,16,20)(H,18,19). The second-order valence-electron chi connectivity index (χ2n) is 4.85. The molecule has 1 fully saturated rings. The lowest BCUT2D eigenvalue weighted by Gasteiger charge is -2.41. The van der Waals surface area contributed by atoms with Gasteiger partial charge in [0, 0.05) is 29.2 Å². The van der Waals surface area contributed by atoms with Crippen molar-refractivity contribution in [1.82, 2.24) is 4.90 Å². The number of hydrogen-bond donors (Lipinski definition) is 2. The first-order chi connectivity index (χ1) is 9.38. The molecule has 1 aromatic rings. The van der Waals surface area contributed by atoms with E-state index in [4.69, 9.17) is 16.7 Å². The second-order valence-corrected chi connectivity index (χ2v) is 6.11. The van der Waals surface area contributed by atoms with Gasteiger partial charge in [-0.15, -0.1) is 0 Å². The molecule has 1 aliphatic heterocycles. The number of halogens is 2. The van der Waals surface area contributed by atoms with Crippen molar-refractivity contribution in [3.63, 3.8) is 0 Å². The van der Waals surface area contributed by atoms with Crippen molar-refractivity contribution in [2.75, 3.05) is 18.4 Å². The highest BCUT2D eigenvalue weighted by atomic mass is 79.9. The lowest BCUT2D eigenvalue weighted by Crippen LogP contribution is -2.54. The van der Waals surface area contributed by atoms with Crippen molar-refractivity contribution in [2.45, 2.75) is 6.92 Å². The molecule has 2 amide bonds. The quantitative estimate of drug-likeness (QED) is 0.868. The third-order valence-electron chi connectivity index (χ3n) is 3.46. The summed E-state index contributed by atoms with van der Waals surface area (Å²) in [6.07, 6.45) is 0. The number of urea groups is 1. The van der Waals surface area contributed by atoms with E-state index in [1.165, 1.54) is 0 Å². The van der Waals surface area contributed by atoms with Gasteiger partial charge in [-0.25, -0.2) is 4.79 Å². The Morgan fingerprint density at radius 1 is 1.50 bits per heavy atom. The minimum Gasteiger partial charge on any atom is -0.481 e. The zero-order valence-corrected chi connectivity index (χ0v) is 13.1. The molecule has 0 aromatic heterocycles. The summed E-state index contributed by atoms with van der Waals surface area (Å²) >= 11 is 9.16. The monoisotopic (exact) mass is 360 g/mol. The largest absolute Gasteiger partial charge is 0.481 e. The number of rotatable bonds is 3. The Hall–Kier alpha value is -1.27. The predicted octanol–water partition coefficient (Wildman–Crippen LogP) is 3.29. The summed E-state index contributed by atoms with van der Waals surface area (Å²) in [7, 11) is 0. The Balaban J connectivity index is 1.88. The fourth-order valence-electron chi connectivity index (χ4n) is 1.97. The summed E-state index contributed by atoms with van der Waals surface area (Å²) in [6.45, 7) is 2.60. The molecule has 2 rings (SSSR count). The average molecular weight is 362 g/mol. The summed E-state index contributed by atoms with van der Waals surface area (Å²) in [5, 5.41) is 12.2. The van der Waals surface area contributed by atoms with Crippen LogP contribution >= 0.6 is 27.5 Å². The summed E-state index contributed by atoms with van der Waals surface area (Å²) < 4.78 is 0.706. The molecule has 0 saturated carbocycles. The van der Waals surface area contributed by atoms with E-state index in [0.717, 1.165) is 0 Å². The molecule has 5 nitrogen and oxygen atoms in total. The molecule has 108 valence electrons. The maximum Gasteiger partial charge on any atom is 0.321 e. The minimum atomic E-state index is -0.823. The Bertz CT molecular complexity index is 546. The first kappa shape index (κ1) is 15.1. The lowest BCUT2D eigenvalue weighted by molar-refractivity contribution is -0.144. The molecule has 2 N–H and O–H groups in total. The molecule has 1 saturated heterocycles. The number of anilines is 1. The molecule has 20 heavy (non-hydrogen) atoms. The third kappa shape index (κ3) is 3.24. The lowest BCUT2D eigenvalue weighted by atomic mass is 9.87. The Morgan fingerprint density at radius 2 is 2.15 bits per heavy atom. The fraction of sp³-hybridized carbons (Fsp3) is 0.385. The number of aliphatic carboxylic acids is 1. The normalized spacial score (nSPS) is 16.4. The van der Waals surface area contributed by atoms with Gasteiger partial charge in [-0.05, 0) is 34.1 Å². The van der Waals surface area contributed by atoms with Gasteiger partial charge in [-0.2, -0.15) is 0 Å². The van der Waals surface area contributed by atoms with Crippen molar-refractivity contribution in [3.05, 3.63) is 27.7 Å². The van der Waals surface area contributed by atoms with E-state index in [2.05, 4.69) is 21.2 Å². The number of benzene rings is 1. The Labute approximate surface area is 130 Å². The summed E-state index contributed by atoms with van der Waals surface area (Å²) in [6, 6.07) is 4.89. The van der Waals surface area contributed by atoms with Gasteiger partial charge in [0.25, 0.3) is 0 Å². The van der Waals surface area contributed by atoms with Gasteiger partial charge >= 0.3 is 12.0 Å². The zero-order valence-electron chi connectivity index (χ0n) is 10.8. The summed E-state index contributed by atoms with van der Waals surface area (Å²) in [5.41, 5.74) is 0.640. The fourth-order valence-corrected chi connectivity index (χ4v) is 2.47. The van der Waals surface area contributed by atoms with Crippen LogP contribution in [0.3, 0.4) is 0 Å². The number of hydrogen-bond acceptors (Lipinski definition) is 2. The number of amides is 2. The van der Waals surface area contributed by atoms with Crippen molar-refractivity contribution in [2.24, 2.45) is 11.8 Å². The SMILES string of the molecule is CC(C(=O)O)C1CN(C(=O)Nc2ccc(Cl)c(Br)c2)C1. The highest BCUT2D eigenvalue weighted by Gasteiger charge is 2.37. The van der Waals surface area contributed by atoms with E-state index >= 15 is 0 Å². The molecule has 1 atom stereocenters. The number of nitrogens with zero attached hydrogens (tertiary/aromatic N) is 1. The van der Waals surface area contributed by atoms with Crippen LogP contribution in [0.25, 0.3) is 0 Å². The number of carbonyl (C=O) groups excluding carboxylic acids is 1. The molecule has 7 heteroatoms. The van der Waals surface area contributed by atoms with E-state index in [-0.39, 0.29) is 11.9 Å². The van der Waals surface area contributed by atoms with Gasteiger partial charge in [0.05, 0.1) is 10.9 Å². The Morgan fingerprint density at radius 3 is 2.70 bits per heavy atom. The van der Waals surface area contributed by atoms with Crippen LogP contribution in [0.5, 0.6) is 0 Å². The van der Waals surface area contributed by atoms with Crippen LogP contribution < -0.4 is 5.32 Å². The zero-order chi connectivity index (χ0) is 14.9. The molecule has 1 heterocycles. The van der Waals surface area contributed by atoms with E-state index in [1.807, 2.05) is 0 Å². The van der Waals surface area contributed by atoms with Crippen LogP contribution in [0, 0.1) is 11.8 Å². The Kier molecular flexibility index (Phi) is 4.55. The first-order valence-electron chi connectivity index (χ1n) is 6.12. The molecular weight excluding hydrogens is 348 g/mol. The van der Waals surface area contributed by atoms with E-state index in [9.17, 15) is 9.59 Å². The highest BCUT2D eigenvalue weighted by Crippen LogP contribution is 2.27. The molecule has 1 aliphatic rings. The number of carboxylic acids is 1. The van der Waals surface area contributed by atoms with Crippen molar-refractivity contribution in [3.8, 4) is 0 Å². The molecular formula is C13H14BrClN2O3. The summed E-state index contributed by atoms with van der Waals surface area (Å²) in [5.74, 6) is -1.23. The second kappa shape index (κ2) is 6.01. The van der Waals surface area contributed by atoms with Gasteiger partial charge < -0.3 is 15.3 Å². The smallest absolute Gasteiger partial charge is 0.321 e. The molecule has 0 spiro atoms. The van der Waals surface area contributed by atoms with Crippen LogP contribution in [0.4, 0.5) is 10.5 Å². The van der Waals surface area contributed by atoms with E-state index in [0.29, 0.717) is 28.3 Å². The molecule has 0 radical (unpaired) electrons. The van der Waals surface area contributed by atoms with Crippen molar-refractivity contribution < 1.29 is 14.7 Å². The molecule has 0 aliphatic carbocycles. The van der Waals surface area contributed by atoms with Gasteiger partial charge in [-0.3, -0.25) is 4.79 Å². The van der Waals surface area contributed by atoms with Gasteiger partial charge in [-0.1, -0.05) is 18.5 Å². The van der Waals surface area contributed by atoms with Crippen molar-refractivity contribution >= 4 is 45.2 Å². The highest BCUT2D eigenvalue weighted by molar-refractivity contribution is 9.10. The van der Waals surface area contributed by atoms with Gasteiger partial charge in [0.2, 0.25) is 0 Å². The first-order valence-corrected chi connectivity index (χ1v) is 7.29. The average Bonchev–Trinajstić information content (AvgIpc) is 2.31. The molecule has 1 unspecified atom stereocenters. The maximum atomic E-state index is 11.9. The number of likely N-dealkylation sites (tertiary alicyclic amines) is 1. The predicted molar refractivity (Wildman–Crippen MR) is 80.0 cm³/mol. The molecule has 0 bridgehead atoms. The van der Waals surface area contributed by atoms with Crippen LogP contribution in [0.15, 0.2) is 22.7 Å². The van der Waals surface area contributed by atoms with Gasteiger partial charge in [0.15, 0.2) is 0 Å². The van der Waals surface area contributed by atoms with E-state index in [1.54, 1.807) is 30.0 Å². The number of nitrogens with one attached hydrogen (secondary N) is 1. The minimum absolute atomic E-state index is 0.0233. The molecule has 1 aromatic carbocycles. The van der Waals surface area contributed by atoms with Gasteiger partial charge in [0.1, 0.15) is 0 Å².